The second kappa shape index (κ2) is 10.4. The third-order valence-electron chi connectivity index (χ3n) is 5.43. The maximum atomic E-state index is 13.6. The molecular formula is C21H28N3O7+. The van der Waals surface area contributed by atoms with E-state index in [1.165, 1.54) is 26.2 Å². The zero-order chi connectivity index (χ0) is 23.2. The van der Waals surface area contributed by atoms with Gasteiger partial charge in [0.05, 0.1) is 5.56 Å². The summed E-state index contributed by atoms with van der Waals surface area (Å²) in [5.74, 6) is -4.59. The number of carboxylic acids is 1. The molecule has 2 unspecified atom stereocenters. The number of likely N-dealkylation sites (tertiary alicyclic amines) is 1. The number of unbranched alkanes of at least 4 members (excludes halogenated alkanes) is 1. The number of imide groups is 3. The molecule has 31 heavy (non-hydrogen) atoms. The number of rotatable bonds is 10. The molecule has 1 saturated heterocycles. The van der Waals surface area contributed by atoms with Crippen molar-refractivity contribution in [2.75, 3.05) is 13.7 Å². The van der Waals surface area contributed by atoms with Crippen LogP contribution in [-0.4, -0.2) is 71.0 Å². The van der Waals surface area contributed by atoms with E-state index in [-0.39, 0.29) is 18.4 Å². The van der Waals surface area contributed by atoms with E-state index in [0.29, 0.717) is 19.4 Å². The number of aliphatic carboxylic acids is 1. The minimum Gasteiger partial charge on any atom is -0.480 e. The Labute approximate surface area is 179 Å². The molecule has 4 N–H and O–H groups in total. The molecule has 0 radical (unpaired) electrons. The van der Waals surface area contributed by atoms with Crippen LogP contribution >= 0.6 is 0 Å². The number of methoxy groups -OCH3 is 1. The summed E-state index contributed by atoms with van der Waals surface area (Å²) >= 11 is 0. The molecule has 0 aliphatic carbocycles. The first kappa shape index (κ1) is 24.3. The van der Waals surface area contributed by atoms with Crippen LogP contribution in [0.15, 0.2) is 30.3 Å². The minimum atomic E-state index is -1.44. The summed E-state index contributed by atoms with van der Waals surface area (Å²) in [5.41, 5.74) is 5.63. The van der Waals surface area contributed by atoms with Gasteiger partial charge in [-0.05, 0) is 38.4 Å². The summed E-state index contributed by atoms with van der Waals surface area (Å²) in [5, 5.41) is 11.5. The van der Waals surface area contributed by atoms with Gasteiger partial charge in [-0.15, -0.1) is 4.48 Å². The van der Waals surface area contributed by atoms with Crippen LogP contribution in [0.4, 0.5) is 0 Å². The normalized spacial score (nSPS) is 22.7. The predicted molar refractivity (Wildman–Crippen MR) is 108 cm³/mol. The summed E-state index contributed by atoms with van der Waals surface area (Å²) in [4.78, 5) is 64.6. The van der Waals surface area contributed by atoms with Crippen molar-refractivity contribution in [3.05, 3.63) is 35.9 Å². The number of amides is 4. The third kappa shape index (κ3) is 4.71. The fraction of sp³-hybridized carbons (Fsp3) is 0.476. The average Bonchev–Trinajstić information content (AvgIpc) is 3.01. The molecule has 1 aromatic rings. The second-order valence-electron chi connectivity index (χ2n) is 7.42. The van der Waals surface area contributed by atoms with E-state index in [0.717, 1.165) is 0 Å². The Bertz CT molecular complexity index is 858. The number of carboxylic acid groups (broad SMARTS) is 1. The molecule has 0 aromatic heterocycles. The highest BCUT2D eigenvalue weighted by Gasteiger charge is 2.66. The van der Waals surface area contributed by atoms with Gasteiger partial charge in [-0.2, -0.15) is 0 Å². The van der Waals surface area contributed by atoms with Crippen molar-refractivity contribution in [2.24, 2.45) is 5.73 Å². The number of hydrogen-bond donors (Lipinski definition) is 3. The molecule has 4 amide bonds. The van der Waals surface area contributed by atoms with Gasteiger partial charge in [-0.1, -0.05) is 18.2 Å². The van der Waals surface area contributed by atoms with Gasteiger partial charge in [0.15, 0.2) is 12.1 Å². The summed E-state index contributed by atoms with van der Waals surface area (Å²) in [7, 11) is 1.25. The molecule has 4 atom stereocenters. The van der Waals surface area contributed by atoms with Crippen LogP contribution < -0.4 is 11.1 Å². The van der Waals surface area contributed by atoms with Gasteiger partial charge in [0.1, 0.15) is 12.5 Å². The van der Waals surface area contributed by atoms with Crippen molar-refractivity contribution in [3.8, 4) is 0 Å². The molecule has 2 rings (SSSR count). The van der Waals surface area contributed by atoms with Gasteiger partial charge in [0.2, 0.25) is 0 Å². The van der Waals surface area contributed by atoms with Gasteiger partial charge in [-0.3, -0.25) is 9.59 Å². The lowest BCUT2D eigenvalue weighted by Gasteiger charge is -2.34. The Morgan fingerprint density at radius 3 is 2.39 bits per heavy atom. The van der Waals surface area contributed by atoms with Crippen molar-refractivity contribution < 1.29 is 38.3 Å². The lowest BCUT2D eigenvalue weighted by Crippen LogP contribution is -2.68. The van der Waals surface area contributed by atoms with Crippen molar-refractivity contribution in [2.45, 2.75) is 50.8 Å². The molecule has 0 spiro atoms. The summed E-state index contributed by atoms with van der Waals surface area (Å²) in [6.07, 6.45) is -0.698. The maximum absolute atomic E-state index is 13.6. The van der Waals surface area contributed by atoms with Crippen molar-refractivity contribution in [3.63, 3.8) is 0 Å². The zero-order valence-corrected chi connectivity index (χ0v) is 17.6. The topological polar surface area (TPSA) is 153 Å². The fourth-order valence-corrected chi connectivity index (χ4v) is 3.74. The van der Waals surface area contributed by atoms with E-state index in [4.69, 9.17) is 10.5 Å². The SMILES string of the molecule is COC1CC(=O)[N+](C(=O)c2ccccc2)([C@@H](CCCCN)C(=O)N[C@@H](C)C(=O)O)C1=O. The number of nitrogens with one attached hydrogen (secondary N) is 1. The smallest absolute Gasteiger partial charge is 0.361 e. The lowest BCUT2D eigenvalue weighted by atomic mass is 10.0. The first-order valence-corrected chi connectivity index (χ1v) is 10.0. The number of nitrogens with zero attached hydrogens (tertiary/aromatic N) is 1. The number of benzene rings is 1. The first-order chi connectivity index (χ1) is 14.7. The van der Waals surface area contributed by atoms with Crippen LogP contribution in [0.5, 0.6) is 0 Å². The van der Waals surface area contributed by atoms with E-state index >= 15 is 0 Å². The molecule has 1 aliphatic heterocycles. The molecule has 1 fully saturated rings. The quantitative estimate of drug-likeness (QED) is 0.268. The molecule has 168 valence electrons. The molecule has 10 nitrogen and oxygen atoms in total. The van der Waals surface area contributed by atoms with E-state index < -0.39 is 52.3 Å². The standard InChI is InChI=1S/C21H27N3O7/c1-13(21(29)30)23-18(26)15(10-6-7-11-22)24(17(25)12-16(31-2)20(24)28)19(27)14-8-4-3-5-9-14/h3-5,8-9,13,15-16H,6-7,10-12,22H2,1-2H3,(H-,23,26,29,30)/p+1/t13-,15-,16?,24?/m0/s1. The van der Waals surface area contributed by atoms with Crippen LogP contribution in [0, 0.1) is 0 Å². The average molecular weight is 434 g/mol. The Balaban J connectivity index is 2.62. The molecule has 1 aliphatic rings. The monoisotopic (exact) mass is 434 g/mol. The Kier molecular flexibility index (Phi) is 8.14. The number of quaternary nitrogens is 1. The van der Waals surface area contributed by atoms with Crippen molar-refractivity contribution in [1.82, 2.24) is 5.32 Å². The molecule has 1 heterocycles. The largest absolute Gasteiger partial charge is 0.480 e. The molecule has 1 aromatic carbocycles. The Hall–Kier alpha value is -2.95. The van der Waals surface area contributed by atoms with E-state index in [2.05, 4.69) is 5.32 Å². The third-order valence-corrected chi connectivity index (χ3v) is 5.43. The summed E-state index contributed by atoms with van der Waals surface area (Å²) in [6, 6.07) is 5.03. The van der Waals surface area contributed by atoms with Gasteiger partial charge in [-0.25, -0.2) is 14.4 Å². The van der Waals surface area contributed by atoms with Crippen molar-refractivity contribution >= 4 is 29.6 Å². The van der Waals surface area contributed by atoms with E-state index in [1.807, 2.05) is 0 Å². The first-order valence-electron chi connectivity index (χ1n) is 10.0. The Morgan fingerprint density at radius 1 is 1.23 bits per heavy atom. The predicted octanol–water partition coefficient (Wildman–Crippen LogP) is 0.202. The van der Waals surface area contributed by atoms with Crippen LogP contribution in [-0.2, 0) is 23.9 Å². The fourth-order valence-electron chi connectivity index (χ4n) is 3.74. The lowest BCUT2D eigenvalue weighted by molar-refractivity contribution is -0.709. The Morgan fingerprint density at radius 2 is 1.87 bits per heavy atom. The zero-order valence-electron chi connectivity index (χ0n) is 17.6. The van der Waals surface area contributed by atoms with Crippen LogP contribution in [0.2, 0.25) is 0 Å². The second-order valence-corrected chi connectivity index (χ2v) is 7.42. The highest BCUT2D eigenvalue weighted by Crippen LogP contribution is 2.34. The van der Waals surface area contributed by atoms with Crippen LogP contribution in [0.25, 0.3) is 0 Å². The van der Waals surface area contributed by atoms with Gasteiger partial charge in [0.25, 0.3) is 5.91 Å². The maximum Gasteiger partial charge on any atom is 0.361 e. The highest BCUT2D eigenvalue weighted by atomic mass is 16.5. The van der Waals surface area contributed by atoms with Gasteiger partial charge in [0, 0.05) is 13.5 Å². The van der Waals surface area contributed by atoms with Gasteiger partial charge >= 0.3 is 23.7 Å². The molecular weight excluding hydrogens is 406 g/mol. The number of carbonyl (C=O) groups excluding carboxylic acids is 4. The molecule has 10 heteroatoms. The van der Waals surface area contributed by atoms with Crippen molar-refractivity contribution in [1.29, 1.82) is 0 Å². The number of carbonyl (C=O) groups is 5. The summed E-state index contributed by atoms with van der Waals surface area (Å²) < 4.78 is 3.76. The minimum absolute atomic E-state index is 0.0120. The van der Waals surface area contributed by atoms with Crippen LogP contribution in [0.1, 0.15) is 43.0 Å². The summed E-state index contributed by atoms with van der Waals surface area (Å²) in [6.45, 7) is 1.57. The molecule has 0 saturated carbocycles. The number of ether oxygens (including phenoxy) is 1. The number of hydrogen-bond acceptors (Lipinski definition) is 7. The molecule has 0 bridgehead atoms. The van der Waals surface area contributed by atoms with E-state index in [1.54, 1.807) is 18.2 Å². The van der Waals surface area contributed by atoms with Crippen LogP contribution in [0.3, 0.4) is 0 Å². The van der Waals surface area contributed by atoms with E-state index in [9.17, 15) is 29.1 Å². The van der Waals surface area contributed by atoms with Gasteiger partial charge < -0.3 is 20.9 Å². The number of nitrogens with two attached hydrogens (primary N) is 1. The highest BCUT2D eigenvalue weighted by molar-refractivity contribution is 6.12.